The van der Waals surface area contributed by atoms with Crippen LogP contribution in [0.3, 0.4) is 0 Å². The Balaban J connectivity index is 2.23. The van der Waals surface area contributed by atoms with E-state index in [0.29, 0.717) is 6.42 Å². The van der Waals surface area contributed by atoms with Crippen molar-refractivity contribution in [1.82, 2.24) is 0 Å². The van der Waals surface area contributed by atoms with Crippen molar-refractivity contribution in [2.75, 3.05) is 0 Å². The van der Waals surface area contributed by atoms with Crippen molar-refractivity contribution in [3.05, 3.63) is 58.2 Å². The first-order valence-electron chi connectivity index (χ1n) is 7.06. The van der Waals surface area contributed by atoms with Gasteiger partial charge in [-0.1, -0.05) is 30.4 Å². The topological polar surface area (TPSA) is 20.2 Å². The van der Waals surface area contributed by atoms with Crippen LogP contribution in [0.5, 0.6) is 0 Å². The first kappa shape index (κ1) is 14.1. The molecule has 0 aliphatic heterocycles. The van der Waals surface area contributed by atoms with Crippen LogP contribution in [-0.4, -0.2) is 10.7 Å². The molecule has 0 amide bonds. The SMILES string of the molecule is CC1=CCCC=C1C(C)(O)Cc1ccc(C)c(C)c1. The molecule has 1 aromatic carbocycles. The van der Waals surface area contributed by atoms with Gasteiger partial charge in [0.2, 0.25) is 0 Å². The third kappa shape index (κ3) is 3.16. The van der Waals surface area contributed by atoms with Crippen LogP contribution in [0.4, 0.5) is 0 Å². The second-order valence-corrected chi connectivity index (χ2v) is 5.95. The molecule has 0 spiro atoms. The van der Waals surface area contributed by atoms with E-state index in [1.165, 1.54) is 22.3 Å². The average molecular weight is 256 g/mol. The Bertz CT molecular complexity index is 533. The highest BCUT2D eigenvalue weighted by molar-refractivity contribution is 5.41. The van der Waals surface area contributed by atoms with Crippen LogP contribution < -0.4 is 0 Å². The maximum atomic E-state index is 10.8. The summed E-state index contributed by atoms with van der Waals surface area (Å²) in [6.07, 6.45) is 7.22. The number of allylic oxidation sites excluding steroid dienone is 2. The van der Waals surface area contributed by atoms with Gasteiger partial charge in [0.15, 0.2) is 0 Å². The summed E-state index contributed by atoms with van der Waals surface area (Å²) in [5.41, 5.74) is 5.34. The lowest BCUT2D eigenvalue weighted by Crippen LogP contribution is -2.31. The number of aryl methyl sites for hydroxylation is 2. The zero-order chi connectivity index (χ0) is 14.0. The fourth-order valence-corrected chi connectivity index (χ4v) is 2.85. The molecular weight excluding hydrogens is 232 g/mol. The molecule has 0 fully saturated rings. The Morgan fingerprint density at radius 1 is 1.05 bits per heavy atom. The van der Waals surface area contributed by atoms with Gasteiger partial charge in [0, 0.05) is 6.42 Å². The van der Waals surface area contributed by atoms with E-state index in [2.05, 4.69) is 51.1 Å². The first-order chi connectivity index (χ1) is 8.90. The minimum absolute atomic E-state index is 0.672. The quantitative estimate of drug-likeness (QED) is 0.856. The van der Waals surface area contributed by atoms with Gasteiger partial charge in [-0.15, -0.1) is 0 Å². The van der Waals surface area contributed by atoms with Crippen molar-refractivity contribution in [2.24, 2.45) is 0 Å². The van der Waals surface area contributed by atoms with E-state index in [9.17, 15) is 5.11 Å². The van der Waals surface area contributed by atoms with Gasteiger partial charge in [0.05, 0.1) is 5.60 Å². The highest BCUT2D eigenvalue weighted by Crippen LogP contribution is 2.31. The molecule has 1 aromatic rings. The smallest absolute Gasteiger partial charge is 0.0908 e. The van der Waals surface area contributed by atoms with Gasteiger partial charge in [-0.2, -0.15) is 0 Å². The minimum Gasteiger partial charge on any atom is -0.385 e. The molecule has 0 heterocycles. The standard InChI is InChI=1S/C18H24O/c1-13-9-10-16(11-15(13)3)12-18(4,19)17-8-6-5-7-14(17)2/h7-11,19H,5-6,12H2,1-4H3. The van der Waals surface area contributed by atoms with E-state index in [0.717, 1.165) is 18.4 Å². The largest absolute Gasteiger partial charge is 0.385 e. The molecule has 1 nitrogen and oxygen atoms in total. The zero-order valence-corrected chi connectivity index (χ0v) is 12.5. The summed E-state index contributed by atoms with van der Waals surface area (Å²) < 4.78 is 0. The Hall–Kier alpha value is -1.34. The van der Waals surface area contributed by atoms with Crippen LogP contribution in [0, 0.1) is 13.8 Å². The molecule has 0 saturated heterocycles. The monoisotopic (exact) mass is 256 g/mol. The third-order valence-electron chi connectivity index (χ3n) is 4.09. The molecule has 1 atom stereocenters. The van der Waals surface area contributed by atoms with Crippen molar-refractivity contribution >= 4 is 0 Å². The maximum Gasteiger partial charge on any atom is 0.0908 e. The zero-order valence-electron chi connectivity index (χ0n) is 12.5. The predicted molar refractivity (Wildman–Crippen MR) is 81.3 cm³/mol. The normalized spacial score (nSPS) is 18.6. The second-order valence-electron chi connectivity index (χ2n) is 5.95. The molecule has 0 saturated carbocycles. The number of aliphatic hydroxyl groups is 1. The van der Waals surface area contributed by atoms with Crippen LogP contribution >= 0.6 is 0 Å². The molecule has 1 unspecified atom stereocenters. The van der Waals surface area contributed by atoms with Crippen LogP contribution in [0.25, 0.3) is 0 Å². The van der Waals surface area contributed by atoms with Crippen molar-refractivity contribution < 1.29 is 5.11 Å². The van der Waals surface area contributed by atoms with Crippen molar-refractivity contribution in [2.45, 2.75) is 52.6 Å². The molecule has 1 heteroatoms. The highest BCUT2D eigenvalue weighted by Gasteiger charge is 2.28. The molecule has 19 heavy (non-hydrogen) atoms. The molecule has 102 valence electrons. The molecular formula is C18H24O. The van der Waals surface area contributed by atoms with Gasteiger partial charge in [-0.3, -0.25) is 0 Å². The van der Waals surface area contributed by atoms with E-state index < -0.39 is 5.60 Å². The molecule has 2 rings (SSSR count). The van der Waals surface area contributed by atoms with Gasteiger partial charge < -0.3 is 5.11 Å². The lowest BCUT2D eigenvalue weighted by molar-refractivity contribution is 0.101. The molecule has 1 N–H and O–H groups in total. The second kappa shape index (κ2) is 5.34. The van der Waals surface area contributed by atoms with E-state index in [-0.39, 0.29) is 0 Å². The minimum atomic E-state index is -0.775. The van der Waals surface area contributed by atoms with E-state index in [4.69, 9.17) is 0 Å². The fourth-order valence-electron chi connectivity index (χ4n) is 2.85. The molecule has 1 aliphatic rings. The summed E-state index contributed by atoms with van der Waals surface area (Å²) in [5, 5.41) is 10.8. The van der Waals surface area contributed by atoms with E-state index in [1.807, 2.05) is 6.92 Å². The first-order valence-corrected chi connectivity index (χ1v) is 7.06. The third-order valence-corrected chi connectivity index (χ3v) is 4.09. The van der Waals surface area contributed by atoms with Crippen LogP contribution in [0.15, 0.2) is 41.5 Å². The van der Waals surface area contributed by atoms with Crippen molar-refractivity contribution in [3.63, 3.8) is 0 Å². The predicted octanol–water partition coefficient (Wildman–Crippen LogP) is 4.26. The number of rotatable bonds is 3. The van der Waals surface area contributed by atoms with Gasteiger partial charge >= 0.3 is 0 Å². The lowest BCUT2D eigenvalue weighted by atomic mass is 9.81. The number of benzene rings is 1. The van der Waals surface area contributed by atoms with E-state index in [1.54, 1.807) is 0 Å². The highest BCUT2D eigenvalue weighted by atomic mass is 16.3. The Morgan fingerprint density at radius 3 is 2.37 bits per heavy atom. The maximum absolute atomic E-state index is 10.8. The van der Waals surface area contributed by atoms with Gasteiger partial charge in [0.25, 0.3) is 0 Å². The Labute approximate surface area is 116 Å². The summed E-state index contributed by atoms with van der Waals surface area (Å²) in [6.45, 7) is 8.27. The fraction of sp³-hybridized carbons (Fsp3) is 0.444. The summed E-state index contributed by atoms with van der Waals surface area (Å²) >= 11 is 0. The van der Waals surface area contributed by atoms with Crippen molar-refractivity contribution in [3.8, 4) is 0 Å². The Morgan fingerprint density at radius 2 is 1.74 bits per heavy atom. The van der Waals surface area contributed by atoms with Gasteiger partial charge in [-0.25, -0.2) is 0 Å². The molecule has 0 radical (unpaired) electrons. The van der Waals surface area contributed by atoms with Crippen LogP contribution in [0.2, 0.25) is 0 Å². The van der Waals surface area contributed by atoms with Crippen LogP contribution in [0.1, 0.15) is 43.4 Å². The van der Waals surface area contributed by atoms with Gasteiger partial charge in [-0.05, 0) is 68.4 Å². The number of hydrogen-bond donors (Lipinski definition) is 1. The lowest BCUT2D eigenvalue weighted by Gasteiger charge is -2.29. The summed E-state index contributed by atoms with van der Waals surface area (Å²) in [4.78, 5) is 0. The van der Waals surface area contributed by atoms with Crippen LogP contribution in [-0.2, 0) is 6.42 Å². The molecule has 0 aromatic heterocycles. The van der Waals surface area contributed by atoms with E-state index >= 15 is 0 Å². The van der Waals surface area contributed by atoms with Crippen molar-refractivity contribution in [1.29, 1.82) is 0 Å². The summed E-state index contributed by atoms with van der Waals surface area (Å²) in [7, 11) is 0. The summed E-state index contributed by atoms with van der Waals surface area (Å²) in [5.74, 6) is 0. The number of hydrogen-bond acceptors (Lipinski definition) is 1. The molecule has 0 bridgehead atoms. The average Bonchev–Trinajstić information content (AvgIpc) is 2.34. The molecule has 1 aliphatic carbocycles. The Kier molecular flexibility index (Phi) is 3.96. The summed E-state index contributed by atoms with van der Waals surface area (Å²) in [6, 6.07) is 6.45. The van der Waals surface area contributed by atoms with Gasteiger partial charge in [0.1, 0.15) is 0 Å².